The molecule has 0 aliphatic carbocycles. The number of hydrogen-bond acceptors (Lipinski definition) is 3. The number of carbonyl (C=O) groups is 1. The molecule has 4 nitrogen and oxygen atoms in total. The molecule has 0 aliphatic rings. The van der Waals surface area contributed by atoms with Crippen LogP contribution < -0.4 is 5.32 Å². The molecule has 1 aromatic heterocycles. The molecule has 7 heteroatoms. The van der Waals surface area contributed by atoms with Gasteiger partial charge in [0.1, 0.15) is 0 Å². The van der Waals surface area contributed by atoms with E-state index >= 15 is 0 Å². The maximum absolute atomic E-state index is 12.4. The zero-order chi connectivity index (χ0) is 14.8. The zero-order valence-corrected chi connectivity index (χ0v) is 10.4. The van der Waals surface area contributed by atoms with Crippen LogP contribution in [0.5, 0.6) is 0 Å². The number of hydrogen-bond donors (Lipinski definition) is 1. The number of nitrogens with zero attached hydrogens (tertiary/aromatic N) is 2. The highest BCUT2D eigenvalue weighted by atomic mass is 19.4. The Kier molecular flexibility index (Phi) is 3.69. The molecule has 0 aliphatic heterocycles. The first kappa shape index (κ1) is 14.0. The lowest BCUT2D eigenvalue weighted by Crippen LogP contribution is -2.10. The molecule has 1 heterocycles. The maximum Gasteiger partial charge on any atom is 0.451 e. The zero-order valence-electron chi connectivity index (χ0n) is 10.4. The van der Waals surface area contributed by atoms with E-state index in [1.54, 1.807) is 25.1 Å². The molecular weight excluding hydrogens is 271 g/mol. The summed E-state index contributed by atoms with van der Waals surface area (Å²) in [6, 6.07) is 5.09. The van der Waals surface area contributed by atoms with Crippen LogP contribution in [-0.4, -0.2) is 16.4 Å². The van der Waals surface area contributed by atoms with Crippen LogP contribution in [0.15, 0.2) is 30.6 Å². The van der Waals surface area contributed by atoms with E-state index in [1.807, 2.05) is 0 Å². The quantitative estimate of drug-likeness (QED) is 0.880. The Balaban J connectivity index is 2.41. The summed E-state index contributed by atoms with van der Waals surface area (Å²) in [6.45, 7) is 1.80. The monoisotopic (exact) mass is 281 g/mol. The van der Waals surface area contributed by atoms with Gasteiger partial charge in [-0.25, -0.2) is 9.97 Å². The van der Waals surface area contributed by atoms with Crippen molar-refractivity contribution in [3.05, 3.63) is 42.0 Å². The summed E-state index contributed by atoms with van der Waals surface area (Å²) in [7, 11) is 0. The fourth-order valence-corrected chi connectivity index (χ4v) is 1.70. The van der Waals surface area contributed by atoms with E-state index in [2.05, 4.69) is 15.3 Å². The van der Waals surface area contributed by atoms with E-state index in [0.29, 0.717) is 23.2 Å². The number of aromatic nitrogens is 2. The number of rotatable bonds is 3. The first-order valence-corrected chi connectivity index (χ1v) is 5.62. The van der Waals surface area contributed by atoms with Gasteiger partial charge in [-0.3, -0.25) is 4.79 Å². The van der Waals surface area contributed by atoms with Crippen LogP contribution in [0.1, 0.15) is 11.4 Å². The molecule has 0 bridgehead atoms. The molecule has 0 saturated carbocycles. The van der Waals surface area contributed by atoms with Gasteiger partial charge < -0.3 is 5.32 Å². The minimum atomic E-state index is -4.56. The third-order valence-electron chi connectivity index (χ3n) is 2.68. The fourth-order valence-electron chi connectivity index (χ4n) is 1.70. The van der Waals surface area contributed by atoms with Crippen LogP contribution >= 0.6 is 0 Å². The lowest BCUT2D eigenvalue weighted by atomic mass is 10.0. The molecule has 1 aromatic carbocycles. The van der Waals surface area contributed by atoms with E-state index in [-0.39, 0.29) is 0 Å². The summed E-state index contributed by atoms with van der Waals surface area (Å²) >= 11 is 0. The Labute approximate surface area is 112 Å². The average molecular weight is 281 g/mol. The van der Waals surface area contributed by atoms with Gasteiger partial charge in [-0.15, -0.1) is 0 Å². The van der Waals surface area contributed by atoms with Gasteiger partial charge in [-0.05, 0) is 30.2 Å². The Morgan fingerprint density at radius 1 is 1.20 bits per heavy atom. The predicted molar refractivity (Wildman–Crippen MR) is 66.9 cm³/mol. The minimum absolute atomic E-state index is 0.449. The molecule has 1 N–H and O–H groups in total. The van der Waals surface area contributed by atoms with Crippen molar-refractivity contribution in [2.24, 2.45) is 0 Å². The van der Waals surface area contributed by atoms with Crippen molar-refractivity contribution in [3.8, 4) is 11.1 Å². The highest BCUT2D eigenvalue weighted by Crippen LogP contribution is 2.29. The highest BCUT2D eigenvalue weighted by Gasteiger charge is 2.34. The minimum Gasteiger partial charge on any atom is -0.329 e. The van der Waals surface area contributed by atoms with Gasteiger partial charge in [0.25, 0.3) is 0 Å². The van der Waals surface area contributed by atoms with Crippen molar-refractivity contribution in [1.82, 2.24) is 9.97 Å². The van der Waals surface area contributed by atoms with E-state index in [4.69, 9.17) is 0 Å². The summed E-state index contributed by atoms with van der Waals surface area (Å²) < 4.78 is 37.2. The molecule has 0 radical (unpaired) electrons. The number of benzene rings is 1. The van der Waals surface area contributed by atoms with E-state index in [1.165, 1.54) is 0 Å². The Morgan fingerprint density at radius 3 is 2.40 bits per heavy atom. The molecule has 0 atom stereocenters. The maximum atomic E-state index is 12.4. The van der Waals surface area contributed by atoms with Gasteiger partial charge >= 0.3 is 6.18 Å². The van der Waals surface area contributed by atoms with Gasteiger partial charge in [0.2, 0.25) is 12.2 Å². The molecule has 0 unspecified atom stereocenters. The summed E-state index contributed by atoms with van der Waals surface area (Å²) in [5, 5.41) is 2.48. The predicted octanol–water partition coefficient (Wildman–Crippen LogP) is 3.04. The molecule has 1 amide bonds. The van der Waals surface area contributed by atoms with Crippen LogP contribution in [0.3, 0.4) is 0 Å². The van der Waals surface area contributed by atoms with Crippen molar-refractivity contribution < 1.29 is 18.0 Å². The summed E-state index contributed by atoms with van der Waals surface area (Å²) in [6.07, 6.45) is -1.81. The molecule has 0 saturated heterocycles. The Hall–Kier alpha value is -2.44. The second kappa shape index (κ2) is 5.28. The summed E-state index contributed by atoms with van der Waals surface area (Å²) in [4.78, 5) is 17.0. The molecular formula is C13H10F3N3O. The van der Waals surface area contributed by atoms with Gasteiger partial charge in [0.15, 0.2) is 0 Å². The average Bonchev–Trinajstić information content (AvgIpc) is 2.40. The third kappa shape index (κ3) is 2.93. The third-order valence-corrected chi connectivity index (χ3v) is 2.68. The van der Waals surface area contributed by atoms with Crippen LogP contribution in [0, 0.1) is 6.92 Å². The molecule has 104 valence electrons. The Bertz CT molecular complexity index is 624. The second-order valence-electron chi connectivity index (χ2n) is 4.08. The highest BCUT2D eigenvalue weighted by molar-refractivity contribution is 5.77. The van der Waals surface area contributed by atoms with Crippen LogP contribution in [0.25, 0.3) is 11.1 Å². The smallest absolute Gasteiger partial charge is 0.329 e. The number of nitrogens with one attached hydrogen (secondary N) is 1. The van der Waals surface area contributed by atoms with Crippen LogP contribution in [0.2, 0.25) is 0 Å². The SMILES string of the molecule is Cc1ccc(NC=O)cc1-c1cnc(C(F)(F)F)nc1. The topological polar surface area (TPSA) is 54.9 Å². The van der Waals surface area contributed by atoms with E-state index in [0.717, 1.165) is 18.0 Å². The Morgan fingerprint density at radius 2 is 1.85 bits per heavy atom. The standard InChI is InChI=1S/C13H10F3N3O/c1-8-2-3-10(19-7-20)4-11(8)9-5-17-12(18-6-9)13(14,15)16/h2-7H,1H3,(H,19,20). The number of anilines is 1. The number of halogens is 3. The largest absolute Gasteiger partial charge is 0.451 e. The number of aryl methyl sites for hydroxylation is 1. The molecule has 20 heavy (non-hydrogen) atoms. The fraction of sp³-hybridized carbons (Fsp3) is 0.154. The lowest BCUT2D eigenvalue weighted by Gasteiger charge is -2.09. The number of alkyl halides is 3. The van der Waals surface area contributed by atoms with Gasteiger partial charge in [0, 0.05) is 23.6 Å². The van der Waals surface area contributed by atoms with Gasteiger partial charge in [-0.1, -0.05) is 6.07 Å². The first-order chi connectivity index (χ1) is 9.41. The van der Waals surface area contributed by atoms with Crippen molar-refractivity contribution in [1.29, 1.82) is 0 Å². The van der Waals surface area contributed by atoms with Crippen LogP contribution in [-0.2, 0) is 11.0 Å². The van der Waals surface area contributed by atoms with Gasteiger partial charge in [0.05, 0.1) is 0 Å². The summed E-state index contributed by atoms with van der Waals surface area (Å²) in [5.41, 5.74) is 2.49. The summed E-state index contributed by atoms with van der Waals surface area (Å²) in [5.74, 6) is -1.18. The second-order valence-corrected chi connectivity index (χ2v) is 4.08. The molecule has 2 rings (SSSR count). The molecule has 2 aromatic rings. The van der Waals surface area contributed by atoms with Crippen molar-refractivity contribution in [2.75, 3.05) is 5.32 Å². The van der Waals surface area contributed by atoms with E-state index in [9.17, 15) is 18.0 Å². The normalized spacial score (nSPS) is 11.2. The van der Waals surface area contributed by atoms with Crippen molar-refractivity contribution in [3.63, 3.8) is 0 Å². The number of amides is 1. The van der Waals surface area contributed by atoms with Crippen LogP contribution in [0.4, 0.5) is 18.9 Å². The van der Waals surface area contributed by atoms with E-state index < -0.39 is 12.0 Å². The molecule has 0 fully saturated rings. The van der Waals surface area contributed by atoms with Gasteiger partial charge in [-0.2, -0.15) is 13.2 Å². The van der Waals surface area contributed by atoms with Crippen molar-refractivity contribution in [2.45, 2.75) is 13.1 Å². The first-order valence-electron chi connectivity index (χ1n) is 5.62. The lowest BCUT2D eigenvalue weighted by molar-refractivity contribution is -0.145. The number of carbonyl (C=O) groups excluding carboxylic acids is 1. The molecule has 0 spiro atoms. The van der Waals surface area contributed by atoms with Crippen molar-refractivity contribution >= 4 is 12.1 Å².